The van der Waals surface area contributed by atoms with Crippen LogP contribution >= 0.6 is 22.7 Å². The summed E-state index contributed by atoms with van der Waals surface area (Å²) in [6.07, 6.45) is 1.63. The van der Waals surface area contributed by atoms with Crippen LogP contribution in [0.15, 0.2) is 40.1 Å². The molecule has 6 nitrogen and oxygen atoms in total. The predicted octanol–water partition coefficient (Wildman–Crippen LogP) is 2.90. The van der Waals surface area contributed by atoms with Gasteiger partial charge in [-0.05, 0) is 28.8 Å². The van der Waals surface area contributed by atoms with E-state index in [1.54, 1.807) is 17.4 Å². The molecule has 0 spiro atoms. The van der Waals surface area contributed by atoms with Crippen molar-refractivity contribution in [3.05, 3.63) is 34.7 Å². The van der Waals surface area contributed by atoms with Gasteiger partial charge in [-0.25, -0.2) is 0 Å². The lowest BCUT2D eigenvalue weighted by Gasteiger charge is -2.12. The molecule has 24 heavy (non-hydrogen) atoms. The third-order valence-corrected chi connectivity index (χ3v) is 9.18. The van der Waals surface area contributed by atoms with Crippen molar-refractivity contribution in [2.75, 3.05) is 0 Å². The highest BCUT2D eigenvalue weighted by molar-refractivity contribution is 7.30. The molecule has 0 aliphatic rings. The summed E-state index contributed by atoms with van der Waals surface area (Å²) in [7, 11) is -1.31. The van der Waals surface area contributed by atoms with E-state index in [9.17, 15) is 0 Å². The fraction of sp³-hybridized carbons (Fsp3) is 0.200. The van der Waals surface area contributed by atoms with Crippen molar-refractivity contribution in [1.29, 1.82) is 0 Å². The molecule has 0 amide bonds. The van der Waals surface area contributed by atoms with Crippen LogP contribution in [0, 0.1) is 0 Å². The maximum Gasteiger partial charge on any atom is 0.173 e. The van der Waals surface area contributed by atoms with E-state index in [1.807, 2.05) is 23.5 Å². The van der Waals surface area contributed by atoms with Crippen molar-refractivity contribution >= 4 is 53.0 Å². The molecular formula is C15H20N4O2S2Si. The van der Waals surface area contributed by atoms with Crippen molar-refractivity contribution in [3.8, 4) is 9.75 Å². The molecule has 0 atom stereocenters. The number of nitrogens with two attached hydrogens (primary N) is 2. The minimum Gasteiger partial charge on any atom is -0.409 e. The molecule has 2 rings (SSSR count). The van der Waals surface area contributed by atoms with E-state index >= 15 is 0 Å². The van der Waals surface area contributed by atoms with Crippen LogP contribution in [0.2, 0.25) is 19.6 Å². The Balaban J connectivity index is 2.36. The Morgan fingerprint density at radius 2 is 1.50 bits per heavy atom. The van der Waals surface area contributed by atoms with Gasteiger partial charge in [0.05, 0.1) is 13.6 Å². The minimum absolute atomic E-state index is 0.169. The number of rotatable bonds is 5. The highest BCUT2D eigenvalue weighted by atomic mass is 32.1. The van der Waals surface area contributed by atoms with E-state index in [2.05, 4.69) is 42.1 Å². The van der Waals surface area contributed by atoms with E-state index in [1.165, 1.54) is 9.38 Å². The first-order valence-electron chi connectivity index (χ1n) is 7.14. The van der Waals surface area contributed by atoms with E-state index in [0.29, 0.717) is 0 Å². The van der Waals surface area contributed by atoms with Gasteiger partial charge in [-0.1, -0.05) is 36.0 Å². The number of thiophene rings is 2. The van der Waals surface area contributed by atoms with Crippen LogP contribution in [0.4, 0.5) is 0 Å². The van der Waals surface area contributed by atoms with Crippen molar-refractivity contribution in [2.24, 2.45) is 21.8 Å². The summed E-state index contributed by atoms with van der Waals surface area (Å²) in [5.41, 5.74) is 11.3. The average Bonchev–Trinajstić information content (AvgIpc) is 3.19. The molecule has 0 aliphatic heterocycles. The molecule has 0 bridgehead atoms. The maximum absolute atomic E-state index is 8.83. The second kappa shape index (κ2) is 7.20. The lowest BCUT2D eigenvalue weighted by atomic mass is 10.2. The summed E-state index contributed by atoms with van der Waals surface area (Å²) in [5.74, 6) is -0.421. The van der Waals surface area contributed by atoms with Crippen LogP contribution in [-0.4, -0.2) is 30.2 Å². The summed E-state index contributed by atoms with van der Waals surface area (Å²) in [5, 5.41) is 23.5. The smallest absolute Gasteiger partial charge is 0.173 e. The molecule has 0 saturated heterocycles. The molecule has 0 unspecified atom stereocenters. The molecule has 2 aromatic rings. The van der Waals surface area contributed by atoms with Gasteiger partial charge in [0, 0.05) is 14.6 Å². The van der Waals surface area contributed by atoms with Crippen molar-refractivity contribution in [2.45, 2.75) is 19.6 Å². The van der Waals surface area contributed by atoms with Gasteiger partial charge in [-0.15, -0.1) is 22.7 Å². The zero-order valence-electron chi connectivity index (χ0n) is 13.6. The zero-order chi connectivity index (χ0) is 17.9. The van der Waals surface area contributed by atoms with Crippen molar-refractivity contribution < 1.29 is 10.4 Å². The van der Waals surface area contributed by atoms with E-state index < -0.39 is 8.07 Å². The number of amidine groups is 2. The lowest BCUT2D eigenvalue weighted by molar-refractivity contribution is 0.316. The van der Waals surface area contributed by atoms with Gasteiger partial charge in [-0.3, -0.25) is 0 Å². The van der Waals surface area contributed by atoms with Gasteiger partial charge in [-0.2, -0.15) is 0 Å². The summed E-state index contributed by atoms with van der Waals surface area (Å²) in [4.78, 5) is 3.21. The lowest BCUT2D eigenvalue weighted by Crippen LogP contribution is -2.34. The summed E-state index contributed by atoms with van der Waals surface area (Å²) < 4.78 is 1.46. The van der Waals surface area contributed by atoms with Gasteiger partial charge in [0.25, 0.3) is 0 Å². The van der Waals surface area contributed by atoms with Crippen LogP contribution in [0.25, 0.3) is 15.8 Å². The van der Waals surface area contributed by atoms with Gasteiger partial charge in [0.15, 0.2) is 11.7 Å². The molecule has 0 radical (unpaired) electrons. The fourth-order valence-corrected chi connectivity index (χ4v) is 5.90. The monoisotopic (exact) mass is 380 g/mol. The molecule has 0 aromatic carbocycles. The Labute approximate surface area is 149 Å². The average molecular weight is 381 g/mol. The standard InChI is InChI=1S/C15H20N4O2S2Si/c1-24(2,3)13-7-6-12(23-13)11-5-4-9(22-11)8-10(14(16)18-20)15(17)19-21/h4-8,20-21H,1-3H3,(H2,16,18)(H2,17,19). The molecule has 0 saturated carbocycles. The van der Waals surface area contributed by atoms with Gasteiger partial charge in [0.2, 0.25) is 0 Å². The van der Waals surface area contributed by atoms with Gasteiger partial charge >= 0.3 is 0 Å². The number of hydrogen-bond acceptors (Lipinski definition) is 6. The first-order valence-corrected chi connectivity index (χ1v) is 12.3. The molecule has 2 heterocycles. The molecule has 0 fully saturated rings. The first-order chi connectivity index (χ1) is 11.3. The zero-order valence-corrected chi connectivity index (χ0v) is 16.3. The molecular weight excluding hydrogens is 360 g/mol. The van der Waals surface area contributed by atoms with Gasteiger partial charge in [0.1, 0.15) is 0 Å². The Hall–Kier alpha value is -2.10. The second-order valence-corrected chi connectivity index (χ2v) is 13.7. The molecule has 6 N–H and O–H groups in total. The van der Waals surface area contributed by atoms with Crippen LogP contribution in [0.1, 0.15) is 4.88 Å². The van der Waals surface area contributed by atoms with Crippen LogP contribution in [-0.2, 0) is 0 Å². The Morgan fingerprint density at radius 1 is 0.958 bits per heavy atom. The Morgan fingerprint density at radius 3 is 2.00 bits per heavy atom. The summed E-state index contributed by atoms with van der Waals surface area (Å²) in [6.45, 7) is 6.97. The van der Waals surface area contributed by atoms with Crippen LogP contribution < -0.4 is 16.0 Å². The van der Waals surface area contributed by atoms with Crippen molar-refractivity contribution in [1.82, 2.24) is 0 Å². The fourth-order valence-electron chi connectivity index (χ4n) is 1.97. The van der Waals surface area contributed by atoms with E-state index in [0.717, 1.165) is 9.75 Å². The molecule has 0 aliphatic carbocycles. The minimum atomic E-state index is -1.31. The van der Waals surface area contributed by atoms with Crippen LogP contribution in [0.5, 0.6) is 0 Å². The molecule has 128 valence electrons. The largest absolute Gasteiger partial charge is 0.409 e. The van der Waals surface area contributed by atoms with E-state index in [4.69, 9.17) is 21.9 Å². The Bertz CT molecular complexity index is 796. The maximum atomic E-state index is 8.83. The van der Waals surface area contributed by atoms with Crippen LogP contribution in [0.3, 0.4) is 0 Å². The summed E-state index contributed by atoms with van der Waals surface area (Å²) in [6, 6.07) is 8.29. The second-order valence-electron chi connectivity index (χ2n) is 6.14. The number of nitrogens with zero attached hydrogens (tertiary/aromatic N) is 2. The normalized spacial score (nSPS) is 13.1. The topological polar surface area (TPSA) is 117 Å². The van der Waals surface area contributed by atoms with Crippen molar-refractivity contribution in [3.63, 3.8) is 0 Å². The highest BCUT2D eigenvalue weighted by Gasteiger charge is 2.19. The SMILES string of the molecule is C[Si](C)(C)c1ccc(-c2ccc(C=C(/C(N)=N\O)/C(N)=N\O)s2)s1. The Kier molecular flexibility index (Phi) is 5.47. The predicted molar refractivity (Wildman–Crippen MR) is 105 cm³/mol. The molecule has 9 heteroatoms. The third-order valence-electron chi connectivity index (χ3n) is 3.27. The summed E-state index contributed by atoms with van der Waals surface area (Å²) >= 11 is 3.38. The number of hydrogen-bond donors (Lipinski definition) is 4. The quantitative estimate of drug-likeness (QED) is 0.210. The third kappa shape index (κ3) is 4.05. The highest BCUT2D eigenvalue weighted by Crippen LogP contribution is 2.32. The van der Waals surface area contributed by atoms with E-state index in [-0.39, 0.29) is 17.2 Å². The molecule has 2 aromatic heterocycles. The first kappa shape index (κ1) is 18.2. The van der Waals surface area contributed by atoms with Gasteiger partial charge < -0.3 is 21.9 Å². The number of oxime groups is 2.